The first-order valence-corrected chi connectivity index (χ1v) is 7.58. The largest absolute Gasteiger partial charge is 0.396 e. The number of nitrogens with one attached hydrogen (secondary N) is 1. The normalized spacial score (nSPS) is 10.8. The van der Waals surface area contributed by atoms with Crippen LogP contribution in [0.15, 0.2) is 53.6 Å². The van der Waals surface area contributed by atoms with Crippen LogP contribution in [0, 0.1) is 6.92 Å². The van der Waals surface area contributed by atoms with Crippen molar-refractivity contribution in [3.8, 4) is 0 Å². The maximum atomic E-state index is 12.5. The summed E-state index contributed by atoms with van der Waals surface area (Å²) in [7, 11) is 0. The summed E-state index contributed by atoms with van der Waals surface area (Å²) in [5, 5.41) is 11.6. The molecule has 0 spiro atoms. The maximum Gasteiger partial charge on any atom is 0.270 e. The van der Waals surface area contributed by atoms with E-state index >= 15 is 0 Å². The van der Waals surface area contributed by atoms with Crippen molar-refractivity contribution >= 4 is 17.2 Å². The number of fused-ring (bicyclic) bond motifs is 1. The number of carbonyl (C=O) groups excluding carboxylic acids is 1. The van der Waals surface area contributed by atoms with Crippen molar-refractivity contribution in [2.75, 3.05) is 11.9 Å². The van der Waals surface area contributed by atoms with E-state index in [1.807, 2.05) is 25.1 Å². The van der Waals surface area contributed by atoms with Gasteiger partial charge in [0.25, 0.3) is 11.5 Å². The zero-order valence-corrected chi connectivity index (χ0v) is 13.2. The fourth-order valence-corrected chi connectivity index (χ4v) is 2.49. The number of amides is 1. The number of aliphatic hydroxyl groups is 1. The molecule has 1 amide bonds. The summed E-state index contributed by atoms with van der Waals surface area (Å²) in [6.07, 6.45) is 3.46. The van der Waals surface area contributed by atoms with Gasteiger partial charge in [0.2, 0.25) is 0 Å². The fraction of sp³-hybridized carbons (Fsp3) is 0.167. The molecule has 24 heavy (non-hydrogen) atoms. The molecule has 2 aromatic heterocycles. The molecule has 6 heteroatoms. The van der Waals surface area contributed by atoms with Crippen LogP contribution in [0.25, 0.3) is 5.65 Å². The van der Waals surface area contributed by atoms with Crippen LogP contribution in [0.1, 0.15) is 21.5 Å². The van der Waals surface area contributed by atoms with Crippen molar-refractivity contribution in [1.82, 2.24) is 9.38 Å². The van der Waals surface area contributed by atoms with Crippen LogP contribution in [0.5, 0.6) is 0 Å². The standard InChI is InChI=1S/C18H17N3O3/c1-12-3-2-9-21-16(12)19-11-15(18(21)24)17(23)20-14-6-4-13(5-7-14)8-10-22/h2-7,9,11,22H,8,10H2,1H3,(H,20,23). The third-order valence-corrected chi connectivity index (χ3v) is 3.78. The maximum absolute atomic E-state index is 12.5. The topological polar surface area (TPSA) is 83.7 Å². The third-order valence-electron chi connectivity index (χ3n) is 3.78. The molecule has 3 rings (SSSR count). The number of pyridine rings is 1. The number of aliphatic hydroxyl groups excluding tert-OH is 1. The number of hydrogen-bond acceptors (Lipinski definition) is 4. The highest BCUT2D eigenvalue weighted by Gasteiger charge is 2.14. The van der Waals surface area contributed by atoms with Crippen molar-refractivity contribution in [3.05, 3.63) is 75.8 Å². The van der Waals surface area contributed by atoms with Crippen LogP contribution in [0.3, 0.4) is 0 Å². The highest BCUT2D eigenvalue weighted by atomic mass is 16.3. The van der Waals surface area contributed by atoms with E-state index in [1.54, 1.807) is 24.4 Å². The van der Waals surface area contributed by atoms with E-state index < -0.39 is 11.5 Å². The van der Waals surface area contributed by atoms with Gasteiger partial charge in [-0.25, -0.2) is 4.98 Å². The lowest BCUT2D eigenvalue weighted by atomic mass is 10.1. The van der Waals surface area contributed by atoms with Crippen LogP contribution in [0.4, 0.5) is 5.69 Å². The lowest BCUT2D eigenvalue weighted by molar-refractivity contribution is 0.102. The number of benzene rings is 1. The highest BCUT2D eigenvalue weighted by molar-refractivity contribution is 6.03. The summed E-state index contributed by atoms with van der Waals surface area (Å²) in [5.41, 5.74) is 2.53. The number of rotatable bonds is 4. The van der Waals surface area contributed by atoms with Gasteiger partial charge in [0.15, 0.2) is 0 Å². The first-order chi connectivity index (χ1) is 11.6. The van der Waals surface area contributed by atoms with Gasteiger partial charge in [0.05, 0.1) is 0 Å². The first kappa shape index (κ1) is 15.9. The van der Waals surface area contributed by atoms with Crippen LogP contribution in [-0.4, -0.2) is 27.0 Å². The average molecular weight is 323 g/mol. The van der Waals surface area contributed by atoms with Crippen LogP contribution in [-0.2, 0) is 6.42 Å². The average Bonchev–Trinajstić information content (AvgIpc) is 2.58. The Morgan fingerprint density at radius 2 is 2.00 bits per heavy atom. The second kappa shape index (κ2) is 6.64. The van der Waals surface area contributed by atoms with Gasteiger partial charge in [-0.3, -0.25) is 14.0 Å². The minimum Gasteiger partial charge on any atom is -0.396 e. The van der Waals surface area contributed by atoms with Crippen molar-refractivity contribution in [3.63, 3.8) is 0 Å². The van der Waals surface area contributed by atoms with Crippen LogP contribution < -0.4 is 10.9 Å². The van der Waals surface area contributed by atoms with Crippen LogP contribution >= 0.6 is 0 Å². The Balaban J connectivity index is 1.89. The second-order valence-corrected chi connectivity index (χ2v) is 5.49. The second-order valence-electron chi connectivity index (χ2n) is 5.49. The quantitative estimate of drug-likeness (QED) is 0.767. The predicted octanol–water partition coefficient (Wildman–Crippen LogP) is 1.79. The summed E-state index contributed by atoms with van der Waals surface area (Å²) in [6, 6.07) is 10.7. The van der Waals surface area contributed by atoms with Crippen molar-refractivity contribution in [2.45, 2.75) is 13.3 Å². The zero-order valence-electron chi connectivity index (χ0n) is 13.2. The summed E-state index contributed by atoms with van der Waals surface area (Å²) in [5.74, 6) is -0.502. The molecule has 2 N–H and O–H groups in total. The number of nitrogens with zero attached hydrogens (tertiary/aromatic N) is 2. The van der Waals surface area contributed by atoms with E-state index in [9.17, 15) is 9.59 Å². The van der Waals surface area contributed by atoms with Gasteiger partial charge < -0.3 is 10.4 Å². The molecule has 0 aliphatic rings. The minimum atomic E-state index is -0.502. The first-order valence-electron chi connectivity index (χ1n) is 7.58. The molecule has 0 aliphatic heterocycles. The van der Waals surface area contributed by atoms with Crippen molar-refractivity contribution in [1.29, 1.82) is 0 Å². The summed E-state index contributed by atoms with van der Waals surface area (Å²) >= 11 is 0. The minimum absolute atomic E-state index is 0.0162. The van der Waals surface area contributed by atoms with Gasteiger partial charge in [0, 0.05) is 24.7 Å². The molecule has 122 valence electrons. The van der Waals surface area contributed by atoms with Gasteiger partial charge in [-0.1, -0.05) is 18.2 Å². The number of hydrogen-bond donors (Lipinski definition) is 2. The number of carbonyl (C=O) groups is 1. The van der Waals surface area contributed by atoms with E-state index in [4.69, 9.17) is 5.11 Å². The van der Waals surface area contributed by atoms with E-state index in [2.05, 4.69) is 10.3 Å². The molecule has 0 atom stereocenters. The lowest BCUT2D eigenvalue weighted by Crippen LogP contribution is -2.26. The number of aromatic nitrogens is 2. The summed E-state index contributed by atoms with van der Waals surface area (Å²) in [6.45, 7) is 1.93. The Kier molecular flexibility index (Phi) is 4.39. The molecular formula is C18H17N3O3. The molecular weight excluding hydrogens is 306 g/mol. The molecule has 2 heterocycles. The number of anilines is 1. The monoisotopic (exact) mass is 323 g/mol. The SMILES string of the molecule is Cc1cccn2c(=O)c(C(=O)Nc3ccc(CCO)cc3)cnc12. The molecule has 0 fully saturated rings. The molecule has 3 aromatic rings. The summed E-state index contributed by atoms with van der Waals surface area (Å²) in [4.78, 5) is 29.1. The predicted molar refractivity (Wildman–Crippen MR) is 91.4 cm³/mol. The smallest absolute Gasteiger partial charge is 0.270 e. The van der Waals surface area contributed by atoms with Crippen LogP contribution in [0.2, 0.25) is 0 Å². The van der Waals surface area contributed by atoms with Gasteiger partial charge in [0.1, 0.15) is 11.2 Å². The molecule has 6 nitrogen and oxygen atoms in total. The molecule has 0 bridgehead atoms. The molecule has 0 radical (unpaired) electrons. The lowest BCUT2D eigenvalue weighted by Gasteiger charge is -2.08. The van der Waals surface area contributed by atoms with Crippen molar-refractivity contribution < 1.29 is 9.90 Å². The highest BCUT2D eigenvalue weighted by Crippen LogP contribution is 2.11. The molecule has 0 unspecified atom stereocenters. The van der Waals surface area contributed by atoms with Gasteiger partial charge in [-0.05, 0) is 42.7 Å². The Labute approximate surface area is 138 Å². The van der Waals surface area contributed by atoms with E-state index in [1.165, 1.54) is 10.6 Å². The zero-order chi connectivity index (χ0) is 17.1. The molecule has 0 saturated heterocycles. The Hall–Kier alpha value is -2.99. The fourth-order valence-electron chi connectivity index (χ4n) is 2.49. The Morgan fingerprint density at radius 3 is 2.71 bits per heavy atom. The molecule has 0 aliphatic carbocycles. The van der Waals surface area contributed by atoms with Gasteiger partial charge in [-0.2, -0.15) is 0 Å². The Bertz CT molecular complexity index is 946. The molecule has 1 aromatic carbocycles. The van der Waals surface area contributed by atoms with E-state index in [-0.39, 0.29) is 12.2 Å². The van der Waals surface area contributed by atoms with E-state index in [0.717, 1.165) is 11.1 Å². The third kappa shape index (κ3) is 3.04. The Morgan fingerprint density at radius 1 is 1.25 bits per heavy atom. The molecule has 0 saturated carbocycles. The number of aryl methyl sites for hydroxylation is 1. The van der Waals surface area contributed by atoms with E-state index in [0.29, 0.717) is 17.8 Å². The van der Waals surface area contributed by atoms with Crippen molar-refractivity contribution in [2.24, 2.45) is 0 Å². The summed E-state index contributed by atoms with van der Waals surface area (Å²) < 4.78 is 1.37. The van der Waals surface area contributed by atoms with Gasteiger partial charge in [-0.15, -0.1) is 0 Å². The van der Waals surface area contributed by atoms with Gasteiger partial charge >= 0.3 is 0 Å².